The molecular formula is C19H20ClN3O5S. The maximum Gasteiger partial charge on any atom is 0.243 e. The van der Waals surface area contributed by atoms with E-state index in [4.69, 9.17) is 16.3 Å². The van der Waals surface area contributed by atoms with Crippen LogP contribution in [-0.2, 0) is 26.0 Å². The van der Waals surface area contributed by atoms with E-state index in [1.165, 1.54) is 32.4 Å². The number of sulfonamides is 1. The predicted octanol–water partition coefficient (Wildman–Crippen LogP) is 2.49. The van der Waals surface area contributed by atoms with Gasteiger partial charge in [-0.05, 0) is 48.4 Å². The number of benzene rings is 2. The molecule has 0 aromatic heterocycles. The molecule has 0 spiro atoms. The highest BCUT2D eigenvalue weighted by Gasteiger charge is 2.25. The number of methoxy groups -OCH3 is 1. The molecule has 0 fully saturated rings. The van der Waals surface area contributed by atoms with Crippen LogP contribution in [0.4, 0.5) is 11.4 Å². The number of hydrogen-bond donors (Lipinski definition) is 2. The molecule has 0 aliphatic carbocycles. The van der Waals surface area contributed by atoms with Crippen LogP contribution in [0.15, 0.2) is 41.3 Å². The molecule has 1 aliphatic rings. The Bertz CT molecular complexity index is 1070. The fraction of sp³-hybridized carbons (Fsp3) is 0.263. The first-order valence-corrected chi connectivity index (χ1v) is 10.5. The van der Waals surface area contributed by atoms with E-state index in [1.54, 1.807) is 18.2 Å². The number of amides is 2. The molecule has 8 nitrogen and oxygen atoms in total. The van der Waals surface area contributed by atoms with Crippen molar-refractivity contribution in [3.8, 4) is 5.75 Å². The van der Waals surface area contributed by atoms with Crippen LogP contribution in [0, 0.1) is 0 Å². The number of anilines is 2. The van der Waals surface area contributed by atoms with E-state index in [-0.39, 0.29) is 17.3 Å². The first kappa shape index (κ1) is 21.1. The van der Waals surface area contributed by atoms with E-state index in [0.29, 0.717) is 35.0 Å². The van der Waals surface area contributed by atoms with Gasteiger partial charge in [-0.15, -0.1) is 0 Å². The van der Waals surface area contributed by atoms with Crippen LogP contribution in [0.5, 0.6) is 5.75 Å². The van der Waals surface area contributed by atoms with E-state index in [9.17, 15) is 18.0 Å². The van der Waals surface area contributed by atoms with Gasteiger partial charge in [-0.25, -0.2) is 8.42 Å². The number of likely N-dealkylation sites (N-methyl/N-ethyl adjacent to an activating group) is 1. The van der Waals surface area contributed by atoms with E-state index in [1.807, 2.05) is 0 Å². The Labute approximate surface area is 173 Å². The lowest BCUT2D eigenvalue weighted by atomic mass is 10.0. The molecule has 0 bridgehead atoms. The standard InChI is InChI=1S/C19H20ClN3O5S/c1-23(11-19(25)21-13-4-7-17(28-2)15(20)10-13)29(26,27)14-5-6-16-12(9-14)3-8-18(24)22-16/h4-7,9-10H,3,8,11H2,1-2H3,(H,21,25)(H,22,24). The van der Waals surface area contributed by atoms with E-state index >= 15 is 0 Å². The Kier molecular flexibility index (Phi) is 6.11. The monoisotopic (exact) mass is 437 g/mol. The zero-order chi connectivity index (χ0) is 21.2. The quantitative estimate of drug-likeness (QED) is 0.722. The van der Waals surface area contributed by atoms with Crippen molar-refractivity contribution in [1.29, 1.82) is 0 Å². The zero-order valence-electron chi connectivity index (χ0n) is 15.9. The number of fused-ring (bicyclic) bond motifs is 1. The summed E-state index contributed by atoms with van der Waals surface area (Å²) in [7, 11) is -1.07. The Hall–Kier alpha value is -2.62. The van der Waals surface area contributed by atoms with Crippen LogP contribution in [0.2, 0.25) is 5.02 Å². The zero-order valence-corrected chi connectivity index (χ0v) is 17.4. The Balaban J connectivity index is 1.70. The molecule has 29 heavy (non-hydrogen) atoms. The third-order valence-corrected chi connectivity index (χ3v) is 6.58. The van der Waals surface area contributed by atoms with Gasteiger partial charge in [-0.3, -0.25) is 9.59 Å². The number of carbonyl (C=O) groups excluding carboxylic acids is 2. The molecule has 1 heterocycles. The minimum Gasteiger partial charge on any atom is -0.495 e. The van der Waals surface area contributed by atoms with Crippen molar-refractivity contribution in [2.45, 2.75) is 17.7 Å². The molecule has 0 saturated heterocycles. The summed E-state index contributed by atoms with van der Waals surface area (Å²) in [5.74, 6) is -0.143. The Morgan fingerprint density at radius 1 is 1.24 bits per heavy atom. The maximum absolute atomic E-state index is 12.8. The molecule has 0 radical (unpaired) electrons. The molecule has 10 heteroatoms. The molecule has 2 N–H and O–H groups in total. The molecule has 3 rings (SSSR count). The number of rotatable bonds is 6. The summed E-state index contributed by atoms with van der Waals surface area (Å²) >= 11 is 6.03. The van der Waals surface area contributed by atoms with Crippen LogP contribution in [0.1, 0.15) is 12.0 Å². The number of halogens is 1. The van der Waals surface area contributed by atoms with Crippen molar-refractivity contribution in [3.63, 3.8) is 0 Å². The minimum absolute atomic E-state index is 0.0650. The Morgan fingerprint density at radius 3 is 2.69 bits per heavy atom. The number of nitrogens with zero attached hydrogens (tertiary/aromatic N) is 1. The SMILES string of the molecule is COc1ccc(NC(=O)CN(C)S(=O)(=O)c2ccc3c(c2)CCC(=O)N3)cc1Cl. The lowest BCUT2D eigenvalue weighted by Gasteiger charge is -2.20. The van der Waals surface area contributed by atoms with Crippen molar-refractivity contribution in [2.24, 2.45) is 0 Å². The highest BCUT2D eigenvalue weighted by molar-refractivity contribution is 7.89. The molecule has 2 aromatic carbocycles. The fourth-order valence-electron chi connectivity index (χ4n) is 2.93. The van der Waals surface area contributed by atoms with Crippen LogP contribution < -0.4 is 15.4 Å². The molecule has 2 aromatic rings. The van der Waals surface area contributed by atoms with Gasteiger partial charge in [0, 0.05) is 24.8 Å². The van der Waals surface area contributed by atoms with Crippen LogP contribution in [0.3, 0.4) is 0 Å². The van der Waals surface area contributed by atoms with Crippen LogP contribution >= 0.6 is 11.6 Å². The molecule has 0 saturated carbocycles. The van der Waals surface area contributed by atoms with Crippen molar-refractivity contribution < 1.29 is 22.7 Å². The summed E-state index contributed by atoms with van der Waals surface area (Å²) in [6.45, 7) is -0.375. The molecule has 0 unspecified atom stereocenters. The molecule has 0 atom stereocenters. The van der Waals surface area contributed by atoms with Crippen LogP contribution in [-0.4, -0.2) is 45.2 Å². The number of hydrogen-bond acceptors (Lipinski definition) is 5. The van der Waals surface area contributed by atoms with Gasteiger partial charge in [0.25, 0.3) is 0 Å². The van der Waals surface area contributed by atoms with Crippen molar-refractivity contribution in [2.75, 3.05) is 31.3 Å². The van der Waals surface area contributed by atoms with Gasteiger partial charge in [-0.2, -0.15) is 4.31 Å². The topological polar surface area (TPSA) is 105 Å². The fourth-order valence-corrected chi connectivity index (χ4v) is 4.37. The first-order valence-electron chi connectivity index (χ1n) is 8.73. The van der Waals surface area contributed by atoms with Gasteiger partial charge in [0.1, 0.15) is 5.75 Å². The van der Waals surface area contributed by atoms with Crippen LogP contribution in [0.25, 0.3) is 0 Å². The van der Waals surface area contributed by atoms with Crippen molar-refractivity contribution in [1.82, 2.24) is 4.31 Å². The van der Waals surface area contributed by atoms with Crippen molar-refractivity contribution >= 4 is 44.8 Å². The lowest BCUT2D eigenvalue weighted by Crippen LogP contribution is -2.35. The second-order valence-corrected chi connectivity index (χ2v) is 8.98. The summed E-state index contributed by atoms with van der Waals surface area (Å²) in [4.78, 5) is 23.8. The van der Waals surface area contributed by atoms with Crippen molar-refractivity contribution in [3.05, 3.63) is 47.0 Å². The van der Waals surface area contributed by atoms with E-state index in [0.717, 1.165) is 9.87 Å². The van der Waals surface area contributed by atoms with E-state index < -0.39 is 15.9 Å². The summed E-state index contributed by atoms with van der Waals surface area (Å²) < 4.78 is 31.7. The van der Waals surface area contributed by atoms with E-state index in [2.05, 4.69) is 10.6 Å². The third kappa shape index (κ3) is 4.69. The highest BCUT2D eigenvalue weighted by atomic mass is 35.5. The van der Waals surface area contributed by atoms with Gasteiger partial charge in [0.05, 0.1) is 23.6 Å². The first-order chi connectivity index (χ1) is 13.7. The lowest BCUT2D eigenvalue weighted by molar-refractivity contribution is -0.117. The second kappa shape index (κ2) is 8.40. The molecular weight excluding hydrogens is 418 g/mol. The number of aryl methyl sites for hydroxylation is 1. The summed E-state index contributed by atoms with van der Waals surface area (Å²) in [5.41, 5.74) is 1.78. The Morgan fingerprint density at radius 2 is 2.00 bits per heavy atom. The van der Waals surface area contributed by atoms with Gasteiger partial charge in [-0.1, -0.05) is 11.6 Å². The number of carbonyl (C=O) groups is 2. The minimum atomic E-state index is -3.88. The van der Waals surface area contributed by atoms with Gasteiger partial charge >= 0.3 is 0 Å². The summed E-state index contributed by atoms with van der Waals surface area (Å²) in [6.07, 6.45) is 0.770. The summed E-state index contributed by atoms with van der Waals surface area (Å²) in [5, 5.41) is 5.65. The molecule has 1 aliphatic heterocycles. The van der Waals surface area contributed by atoms with Gasteiger partial charge < -0.3 is 15.4 Å². The predicted molar refractivity (Wildman–Crippen MR) is 110 cm³/mol. The summed E-state index contributed by atoms with van der Waals surface area (Å²) in [6, 6.07) is 9.23. The molecule has 154 valence electrons. The maximum atomic E-state index is 12.8. The third-order valence-electron chi connectivity index (χ3n) is 4.48. The molecule has 2 amide bonds. The number of ether oxygens (including phenoxy) is 1. The second-order valence-electron chi connectivity index (χ2n) is 6.53. The van der Waals surface area contributed by atoms with Gasteiger partial charge in [0.15, 0.2) is 0 Å². The average molecular weight is 438 g/mol. The largest absolute Gasteiger partial charge is 0.495 e. The van der Waals surface area contributed by atoms with Gasteiger partial charge in [0.2, 0.25) is 21.8 Å². The number of nitrogens with one attached hydrogen (secondary N) is 2. The highest BCUT2D eigenvalue weighted by Crippen LogP contribution is 2.28. The average Bonchev–Trinajstić information content (AvgIpc) is 2.67. The smallest absolute Gasteiger partial charge is 0.243 e. The normalized spacial score (nSPS) is 13.6.